The lowest BCUT2D eigenvalue weighted by molar-refractivity contribution is -0.259. The molecule has 0 radical (unpaired) electrons. The number of hydrogen-bond donors (Lipinski definition) is 1. The summed E-state index contributed by atoms with van der Waals surface area (Å²) in [6, 6.07) is 0. The third-order valence-electron chi connectivity index (χ3n) is 2.25. The molecule has 1 rings (SSSR count). The van der Waals surface area contributed by atoms with Gasteiger partial charge in [0, 0.05) is 19.6 Å². The summed E-state index contributed by atoms with van der Waals surface area (Å²) in [6.07, 6.45) is -4.58. The normalized spacial score (nSPS) is 24.6. The summed E-state index contributed by atoms with van der Waals surface area (Å²) in [7, 11) is 0. The minimum atomic E-state index is -4.58. The van der Waals surface area contributed by atoms with E-state index >= 15 is 0 Å². The van der Waals surface area contributed by atoms with Crippen LogP contribution in [-0.4, -0.2) is 54.6 Å². The first-order chi connectivity index (χ1) is 6.33. The number of morpholine rings is 1. The average Bonchev–Trinajstić information content (AvgIpc) is 2.03. The number of hydrogen-bond acceptors (Lipinski definition) is 3. The van der Waals surface area contributed by atoms with E-state index in [0.29, 0.717) is 26.3 Å². The number of aliphatic hydroxyl groups is 1. The van der Waals surface area contributed by atoms with Crippen molar-refractivity contribution in [1.29, 1.82) is 0 Å². The first kappa shape index (κ1) is 11.7. The fourth-order valence-electron chi connectivity index (χ4n) is 1.28. The second-order valence-corrected chi connectivity index (χ2v) is 3.66. The molecule has 1 fully saturated rings. The maximum atomic E-state index is 12.3. The zero-order chi connectivity index (χ0) is 10.8. The topological polar surface area (TPSA) is 32.7 Å². The number of alkyl halides is 3. The van der Waals surface area contributed by atoms with Crippen LogP contribution >= 0.6 is 0 Å². The summed E-state index contributed by atoms with van der Waals surface area (Å²) >= 11 is 0. The monoisotopic (exact) mass is 213 g/mol. The van der Waals surface area contributed by atoms with Crippen LogP contribution in [0.3, 0.4) is 0 Å². The van der Waals surface area contributed by atoms with Crippen molar-refractivity contribution in [3.05, 3.63) is 0 Å². The van der Waals surface area contributed by atoms with Crippen LogP contribution in [0.2, 0.25) is 0 Å². The van der Waals surface area contributed by atoms with Gasteiger partial charge in [-0.1, -0.05) is 0 Å². The maximum Gasteiger partial charge on any atom is 0.418 e. The van der Waals surface area contributed by atoms with Gasteiger partial charge in [0.25, 0.3) is 0 Å². The Morgan fingerprint density at radius 1 is 1.29 bits per heavy atom. The van der Waals surface area contributed by atoms with Crippen molar-refractivity contribution in [2.75, 3.05) is 32.8 Å². The van der Waals surface area contributed by atoms with E-state index in [1.807, 2.05) is 0 Å². The van der Waals surface area contributed by atoms with Gasteiger partial charge in [0.1, 0.15) is 0 Å². The molecule has 14 heavy (non-hydrogen) atoms. The SMILES string of the molecule is CC(O)(CN1CCOCC1)C(F)(F)F. The highest BCUT2D eigenvalue weighted by Crippen LogP contribution is 2.30. The summed E-state index contributed by atoms with van der Waals surface area (Å²) in [4.78, 5) is 1.55. The highest BCUT2D eigenvalue weighted by atomic mass is 19.4. The quantitative estimate of drug-likeness (QED) is 0.730. The van der Waals surface area contributed by atoms with E-state index in [4.69, 9.17) is 4.74 Å². The van der Waals surface area contributed by atoms with E-state index < -0.39 is 11.8 Å². The number of rotatable bonds is 2. The molecule has 1 N–H and O–H groups in total. The van der Waals surface area contributed by atoms with Gasteiger partial charge in [-0.3, -0.25) is 4.90 Å². The van der Waals surface area contributed by atoms with Gasteiger partial charge in [-0.15, -0.1) is 0 Å². The third-order valence-corrected chi connectivity index (χ3v) is 2.25. The zero-order valence-corrected chi connectivity index (χ0v) is 7.97. The molecule has 3 nitrogen and oxygen atoms in total. The molecular weight excluding hydrogens is 199 g/mol. The Morgan fingerprint density at radius 3 is 2.21 bits per heavy atom. The van der Waals surface area contributed by atoms with Gasteiger partial charge in [0.15, 0.2) is 5.60 Å². The molecule has 1 saturated heterocycles. The second kappa shape index (κ2) is 4.04. The summed E-state index contributed by atoms with van der Waals surface area (Å²) in [5, 5.41) is 9.20. The third kappa shape index (κ3) is 2.83. The molecule has 0 bridgehead atoms. The van der Waals surface area contributed by atoms with Gasteiger partial charge in [-0.25, -0.2) is 0 Å². The van der Waals surface area contributed by atoms with E-state index in [9.17, 15) is 18.3 Å². The van der Waals surface area contributed by atoms with Crippen LogP contribution in [0, 0.1) is 0 Å². The van der Waals surface area contributed by atoms with E-state index in [1.54, 1.807) is 4.90 Å². The lowest BCUT2D eigenvalue weighted by atomic mass is 10.1. The van der Waals surface area contributed by atoms with Gasteiger partial charge >= 0.3 is 6.18 Å². The lowest BCUT2D eigenvalue weighted by Crippen LogP contribution is -2.53. The summed E-state index contributed by atoms with van der Waals surface area (Å²) < 4.78 is 41.8. The van der Waals surface area contributed by atoms with Crippen LogP contribution in [0.1, 0.15) is 6.92 Å². The molecule has 0 aliphatic carbocycles. The van der Waals surface area contributed by atoms with Crippen molar-refractivity contribution in [3.8, 4) is 0 Å². The molecule has 0 saturated carbocycles. The molecule has 84 valence electrons. The minimum absolute atomic E-state index is 0.389. The molecule has 1 aliphatic rings. The van der Waals surface area contributed by atoms with E-state index in [-0.39, 0.29) is 6.54 Å². The summed E-state index contributed by atoms with van der Waals surface area (Å²) in [5.41, 5.74) is -2.63. The Bertz CT molecular complexity index is 188. The molecule has 0 aromatic carbocycles. The molecule has 0 amide bonds. The fourth-order valence-corrected chi connectivity index (χ4v) is 1.28. The van der Waals surface area contributed by atoms with E-state index in [0.717, 1.165) is 6.92 Å². The number of halogens is 3. The second-order valence-electron chi connectivity index (χ2n) is 3.66. The summed E-state index contributed by atoms with van der Waals surface area (Å²) in [5.74, 6) is 0. The largest absolute Gasteiger partial charge is 0.418 e. The van der Waals surface area contributed by atoms with Crippen molar-refractivity contribution < 1.29 is 23.0 Å². The van der Waals surface area contributed by atoms with Crippen molar-refractivity contribution >= 4 is 0 Å². The lowest BCUT2D eigenvalue weighted by Gasteiger charge is -2.34. The molecule has 0 spiro atoms. The molecule has 0 aromatic heterocycles. The van der Waals surface area contributed by atoms with E-state index in [2.05, 4.69) is 0 Å². The van der Waals surface area contributed by atoms with Gasteiger partial charge in [-0.2, -0.15) is 13.2 Å². The highest BCUT2D eigenvalue weighted by Gasteiger charge is 2.50. The Kier molecular flexibility index (Phi) is 3.39. The zero-order valence-electron chi connectivity index (χ0n) is 7.97. The van der Waals surface area contributed by atoms with Crippen LogP contribution in [0.25, 0.3) is 0 Å². The predicted molar refractivity (Wildman–Crippen MR) is 43.9 cm³/mol. The fraction of sp³-hybridized carbons (Fsp3) is 1.00. The summed E-state index contributed by atoms with van der Waals surface area (Å²) in [6.45, 7) is 2.13. The van der Waals surface area contributed by atoms with Crippen LogP contribution in [0.15, 0.2) is 0 Å². The predicted octanol–water partition coefficient (Wildman–Crippen LogP) is 0.632. The van der Waals surface area contributed by atoms with Crippen molar-refractivity contribution in [1.82, 2.24) is 4.90 Å². The van der Waals surface area contributed by atoms with Crippen LogP contribution in [-0.2, 0) is 4.74 Å². The molecule has 0 aromatic rings. The number of nitrogens with zero attached hydrogens (tertiary/aromatic N) is 1. The number of β-amino-alcohol motifs (C(OH)–C–C–N with tert-alkyl or cyclic N) is 1. The van der Waals surface area contributed by atoms with Crippen LogP contribution in [0.5, 0.6) is 0 Å². The molecule has 1 aliphatic heterocycles. The molecule has 6 heteroatoms. The first-order valence-electron chi connectivity index (χ1n) is 4.42. The molecule has 1 atom stereocenters. The Hall–Kier alpha value is -0.330. The number of ether oxygens (including phenoxy) is 1. The maximum absolute atomic E-state index is 12.3. The smallest absolute Gasteiger partial charge is 0.380 e. The van der Waals surface area contributed by atoms with Crippen molar-refractivity contribution in [2.45, 2.75) is 18.7 Å². The van der Waals surface area contributed by atoms with Crippen LogP contribution in [0.4, 0.5) is 13.2 Å². The highest BCUT2D eigenvalue weighted by molar-refractivity contribution is 4.85. The van der Waals surface area contributed by atoms with Gasteiger partial charge in [-0.05, 0) is 6.92 Å². The Balaban J connectivity index is 2.49. The average molecular weight is 213 g/mol. The van der Waals surface area contributed by atoms with Gasteiger partial charge < -0.3 is 9.84 Å². The van der Waals surface area contributed by atoms with Crippen molar-refractivity contribution in [2.24, 2.45) is 0 Å². The molecule has 1 heterocycles. The van der Waals surface area contributed by atoms with Crippen LogP contribution < -0.4 is 0 Å². The van der Waals surface area contributed by atoms with Gasteiger partial charge in [0.2, 0.25) is 0 Å². The first-order valence-corrected chi connectivity index (χ1v) is 4.42. The standard InChI is InChI=1S/C8H14F3NO2/c1-7(13,8(9,10)11)6-12-2-4-14-5-3-12/h13H,2-6H2,1H3. The van der Waals surface area contributed by atoms with Crippen molar-refractivity contribution in [3.63, 3.8) is 0 Å². The molecular formula is C8H14F3NO2. The minimum Gasteiger partial charge on any atom is -0.380 e. The Morgan fingerprint density at radius 2 is 1.79 bits per heavy atom. The van der Waals surface area contributed by atoms with Gasteiger partial charge in [0.05, 0.1) is 13.2 Å². The molecule has 1 unspecified atom stereocenters. The Labute approximate surface area is 80.5 Å². The van der Waals surface area contributed by atoms with E-state index in [1.165, 1.54) is 0 Å².